The number of benzene rings is 1. The summed E-state index contributed by atoms with van der Waals surface area (Å²) in [6, 6.07) is 6.77. The highest BCUT2D eigenvalue weighted by molar-refractivity contribution is 5.94. The topological polar surface area (TPSA) is 54.9 Å². The molecule has 0 aliphatic carbocycles. The molecule has 0 spiro atoms. The molecule has 1 heterocycles. The van der Waals surface area contributed by atoms with Gasteiger partial charge in [-0.15, -0.1) is 0 Å². The largest absolute Gasteiger partial charge is 0.346 e. The molecule has 0 fully saturated rings. The van der Waals surface area contributed by atoms with Crippen molar-refractivity contribution < 1.29 is 13.6 Å². The van der Waals surface area contributed by atoms with Crippen LogP contribution in [0.15, 0.2) is 36.5 Å². The smallest absolute Gasteiger partial charge is 0.254 e. The lowest BCUT2D eigenvalue weighted by Gasteiger charge is -2.05. The minimum atomic E-state index is -1.16. The van der Waals surface area contributed by atoms with Crippen molar-refractivity contribution in [2.24, 2.45) is 0 Å². The molecule has 1 amide bonds. The van der Waals surface area contributed by atoms with Crippen LogP contribution in [0, 0.1) is 11.6 Å². The van der Waals surface area contributed by atoms with Gasteiger partial charge in [0.05, 0.1) is 17.8 Å². The summed E-state index contributed by atoms with van der Waals surface area (Å²) in [5.74, 6) is -2.91. The van der Waals surface area contributed by atoms with E-state index in [0.29, 0.717) is 5.69 Å². The number of rotatable bonds is 3. The fraction of sp³-hybridized carbons (Fsp3) is 0.0833. The molecule has 1 aromatic heterocycles. The minimum Gasteiger partial charge on any atom is -0.346 e. The summed E-state index contributed by atoms with van der Waals surface area (Å²) in [6.45, 7) is 0.0998. The Bertz CT molecular complexity index is 561. The van der Waals surface area contributed by atoms with Crippen molar-refractivity contribution in [3.63, 3.8) is 0 Å². The fourth-order valence-corrected chi connectivity index (χ4v) is 1.37. The van der Waals surface area contributed by atoms with Crippen molar-refractivity contribution in [3.05, 3.63) is 59.4 Å². The van der Waals surface area contributed by atoms with Crippen LogP contribution >= 0.6 is 0 Å². The van der Waals surface area contributed by atoms with Crippen LogP contribution in [0.1, 0.15) is 16.1 Å². The molecule has 1 N–H and O–H groups in total. The molecule has 0 saturated carbocycles. The molecule has 2 aromatic rings. The molecule has 2 rings (SSSR count). The van der Waals surface area contributed by atoms with Gasteiger partial charge in [0.1, 0.15) is 0 Å². The summed E-state index contributed by atoms with van der Waals surface area (Å²) in [6.07, 6.45) is 1.50. The lowest BCUT2D eigenvalue weighted by Crippen LogP contribution is -2.24. The average Bonchev–Trinajstić information content (AvgIpc) is 2.40. The number of carbonyl (C=O) groups excluding carboxylic acids is 1. The van der Waals surface area contributed by atoms with Crippen molar-refractivity contribution >= 4 is 5.91 Å². The molecule has 0 saturated heterocycles. The van der Waals surface area contributed by atoms with Crippen LogP contribution in [-0.4, -0.2) is 16.1 Å². The highest BCUT2D eigenvalue weighted by Gasteiger charge is 2.14. The van der Waals surface area contributed by atoms with E-state index in [1.54, 1.807) is 12.1 Å². The number of aromatic nitrogens is 2. The standard InChI is InChI=1S/C12H9F2N3O/c13-10-5-1-4-9(11(10)14)12(18)15-7-8-3-2-6-16-17-8/h1-6H,7H2,(H,15,18). The Kier molecular flexibility index (Phi) is 3.57. The number of nitrogens with one attached hydrogen (secondary N) is 1. The van der Waals surface area contributed by atoms with Gasteiger partial charge in [-0.1, -0.05) is 6.07 Å². The molecule has 0 radical (unpaired) electrons. The summed E-state index contributed by atoms with van der Waals surface area (Å²) in [5, 5.41) is 9.82. The molecule has 4 nitrogen and oxygen atoms in total. The first-order chi connectivity index (χ1) is 8.68. The fourth-order valence-electron chi connectivity index (χ4n) is 1.37. The first-order valence-corrected chi connectivity index (χ1v) is 5.17. The van der Waals surface area contributed by atoms with Crippen LogP contribution < -0.4 is 5.32 Å². The zero-order valence-corrected chi connectivity index (χ0v) is 9.23. The van der Waals surface area contributed by atoms with Crippen molar-refractivity contribution in [3.8, 4) is 0 Å². The Hall–Kier alpha value is -2.37. The third-order valence-electron chi connectivity index (χ3n) is 2.25. The number of carbonyl (C=O) groups is 1. The highest BCUT2D eigenvalue weighted by atomic mass is 19.2. The number of hydrogen-bond donors (Lipinski definition) is 1. The second-order valence-electron chi connectivity index (χ2n) is 3.50. The Morgan fingerprint density at radius 3 is 2.78 bits per heavy atom. The van der Waals surface area contributed by atoms with Crippen molar-refractivity contribution in [2.75, 3.05) is 0 Å². The van der Waals surface area contributed by atoms with Gasteiger partial charge in [0.15, 0.2) is 11.6 Å². The van der Waals surface area contributed by atoms with E-state index in [1.807, 2.05) is 0 Å². The maximum Gasteiger partial charge on any atom is 0.254 e. The van der Waals surface area contributed by atoms with E-state index < -0.39 is 17.5 Å². The quantitative estimate of drug-likeness (QED) is 0.900. The minimum absolute atomic E-state index is 0.0998. The van der Waals surface area contributed by atoms with Crippen LogP contribution in [0.4, 0.5) is 8.78 Å². The van der Waals surface area contributed by atoms with E-state index in [-0.39, 0.29) is 12.1 Å². The van der Waals surface area contributed by atoms with Crippen LogP contribution in [0.5, 0.6) is 0 Å². The van der Waals surface area contributed by atoms with E-state index in [0.717, 1.165) is 6.07 Å². The number of nitrogens with zero attached hydrogens (tertiary/aromatic N) is 2. The van der Waals surface area contributed by atoms with Crippen molar-refractivity contribution in [1.29, 1.82) is 0 Å². The van der Waals surface area contributed by atoms with Gasteiger partial charge in [-0.2, -0.15) is 10.2 Å². The number of amides is 1. The maximum atomic E-state index is 13.3. The Balaban J connectivity index is 2.07. The summed E-state index contributed by atoms with van der Waals surface area (Å²) in [4.78, 5) is 11.6. The predicted molar refractivity (Wildman–Crippen MR) is 59.6 cm³/mol. The van der Waals surface area contributed by atoms with E-state index in [4.69, 9.17) is 0 Å². The number of hydrogen-bond acceptors (Lipinski definition) is 3. The summed E-state index contributed by atoms with van der Waals surface area (Å²) >= 11 is 0. The molecule has 18 heavy (non-hydrogen) atoms. The molecular formula is C12H9F2N3O. The second-order valence-corrected chi connectivity index (χ2v) is 3.50. The zero-order chi connectivity index (χ0) is 13.0. The van der Waals surface area contributed by atoms with Crippen LogP contribution in [-0.2, 0) is 6.54 Å². The Labute approximate surface area is 102 Å². The monoisotopic (exact) mass is 249 g/mol. The van der Waals surface area contributed by atoms with Crippen molar-refractivity contribution in [1.82, 2.24) is 15.5 Å². The second kappa shape index (κ2) is 5.31. The first kappa shape index (κ1) is 12.1. The van der Waals surface area contributed by atoms with Gasteiger partial charge in [0.2, 0.25) is 0 Å². The van der Waals surface area contributed by atoms with Crippen molar-refractivity contribution in [2.45, 2.75) is 6.54 Å². The Morgan fingerprint density at radius 1 is 1.22 bits per heavy atom. The van der Waals surface area contributed by atoms with Gasteiger partial charge < -0.3 is 5.32 Å². The molecule has 6 heteroatoms. The normalized spacial score (nSPS) is 10.1. The van der Waals surface area contributed by atoms with Crippen LogP contribution in [0.3, 0.4) is 0 Å². The Morgan fingerprint density at radius 2 is 2.06 bits per heavy atom. The third kappa shape index (κ3) is 2.65. The third-order valence-corrected chi connectivity index (χ3v) is 2.25. The van der Waals surface area contributed by atoms with Crippen LogP contribution in [0.25, 0.3) is 0 Å². The molecule has 0 atom stereocenters. The molecule has 0 aliphatic rings. The predicted octanol–water partition coefficient (Wildman–Crippen LogP) is 1.68. The molecule has 92 valence electrons. The molecule has 1 aromatic carbocycles. The van der Waals surface area contributed by atoms with Gasteiger partial charge in [0.25, 0.3) is 5.91 Å². The molecule has 0 unspecified atom stereocenters. The van der Waals surface area contributed by atoms with Crippen LogP contribution in [0.2, 0.25) is 0 Å². The molecular weight excluding hydrogens is 240 g/mol. The average molecular weight is 249 g/mol. The highest BCUT2D eigenvalue weighted by Crippen LogP contribution is 2.11. The van der Waals surface area contributed by atoms with Gasteiger partial charge in [0, 0.05) is 6.20 Å². The first-order valence-electron chi connectivity index (χ1n) is 5.17. The maximum absolute atomic E-state index is 13.3. The van der Waals surface area contributed by atoms with E-state index >= 15 is 0 Å². The van der Waals surface area contributed by atoms with E-state index in [2.05, 4.69) is 15.5 Å². The summed E-state index contributed by atoms with van der Waals surface area (Å²) < 4.78 is 26.2. The van der Waals surface area contributed by atoms with Gasteiger partial charge in [-0.3, -0.25) is 4.79 Å². The van der Waals surface area contributed by atoms with Gasteiger partial charge in [-0.05, 0) is 24.3 Å². The summed E-state index contributed by atoms with van der Waals surface area (Å²) in [7, 11) is 0. The van der Waals surface area contributed by atoms with Gasteiger partial charge in [-0.25, -0.2) is 8.78 Å². The molecule has 0 aliphatic heterocycles. The SMILES string of the molecule is O=C(NCc1cccnn1)c1cccc(F)c1F. The van der Waals surface area contributed by atoms with E-state index in [9.17, 15) is 13.6 Å². The number of halogens is 2. The summed E-state index contributed by atoms with van der Waals surface area (Å²) in [5.41, 5.74) is 0.196. The molecule has 0 bridgehead atoms. The lowest BCUT2D eigenvalue weighted by atomic mass is 10.2. The lowest BCUT2D eigenvalue weighted by molar-refractivity contribution is 0.0945. The van der Waals surface area contributed by atoms with E-state index in [1.165, 1.54) is 18.3 Å². The van der Waals surface area contributed by atoms with Gasteiger partial charge >= 0.3 is 0 Å². The zero-order valence-electron chi connectivity index (χ0n) is 9.23.